The molecule has 1 fully saturated rings. The first-order valence-electron chi connectivity index (χ1n) is 13.3. The third-order valence-corrected chi connectivity index (χ3v) is 6.95. The molecule has 1 amide bonds. The number of benzene rings is 2. The van der Waals surface area contributed by atoms with E-state index >= 15 is 0 Å². The number of furan rings is 1. The van der Waals surface area contributed by atoms with Crippen LogP contribution in [0.2, 0.25) is 0 Å². The van der Waals surface area contributed by atoms with E-state index in [4.69, 9.17) is 13.9 Å². The number of amides is 1. The summed E-state index contributed by atoms with van der Waals surface area (Å²) < 4.78 is 57.2. The predicted molar refractivity (Wildman–Crippen MR) is 148 cm³/mol. The van der Waals surface area contributed by atoms with Gasteiger partial charge in [-0.05, 0) is 50.2 Å². The molecule has 0 aliphatic carbocycles. The van der Waals surface area contributed by atoms with Crippen LogP contribution in [0, 0.1) is 6.92 Å². The first-order chi connectivity index (χ1) is 20.1. The molecule has 3 heterocycles. The number of carbonyl (C=O) groups is 2. The second-order valence-corrected chi connectivity index (χ2v) is 9.64. The Morgan fingerprint density at radius 1 is 1.00 bits per heavy atom. The fraction of sp³-hybridized carbons (Fsp3) is 0.300. The molecule has 42 heavy (non-hydrogen) atoms. The molecular weight excluding hydrogens is 553 g/mol. The molecule has 0 radical (unpaired) electrons. The number of alkyl halides is 3. The van der Waals surface area contributed by atoms with E-state index < -0.39 is 29.4 Å². The summed E-state index contributed by atoms with van der Waals surface area (Å²) in [5.74, 6) is -1.89. The summed E-state index contributed by atoms with van der Waals surface area (Å²) in [4.78, 5) is 28.9. The number of aromatic nitrogens is 2. The monoisotopic (exact) mass is 582 g/mol. The van der Waals surface area contributed by atoms with E-state index in [0.717, 1.165) is 17.3 Å². The SMILES string of the molecule is CCOC(=O)c1cc(-c2ccc(N3CCN(C(=O)c4cc(C)oc4C(F)(F)F)CC3)cc2)n(-c2ccccc2OC)n1. The Bertz CT molecular complexity index is 1590. The van der Waals surface area contributed by atoms with Gasteiger partial charge in [0.1, 0.15) is 17.2 Å². The van der Waals surface area contributed by atoms with Crippen molar-refractivity contribution in [2.24, 2.45) is 0 Å². The maximum atomic E-state index is 13.4. The number of methoxy groups -OCH3 is 1. The molecule has 0 unspecified atom stereocenters. The topological polar surface area (TPSA) is 90.0 Å². The molecule has 12 heteroatoms. The molecular formula is C30H29F3N4O5. The molecule has 1 aliphatic rings. The summed E-state index contributed by atoms with van der Waals surface area (Å²) in [7, 11) is 1.56. The highest BCUT2D eigenvalue weighted by Crippen LogP contribution is 2.35. The molecule has 0 N–H and O–H groups in total. The van der Waals surface area contributed by atoms with Gasteiger partial charge >= 0.3 is 12.1 Å². The van der Waals surface area contributed by atoms with E-state index in [-0.39, 0.29) is 31.2 Å². The third kappa shape index (κ3) is 5.69. The molecule has 2 aromatic carbocycles. The zero-order valence-electron chi connectivity index (χ0n) is 23.3. The minimum absolute atomic E-state index is 0.0332. The van der Waals surface area contributed by atoms with E-state index in [1.165, 1.54) is 11.8 Å². The first-order valence-corrected chi connectivity index (χ1v) is 13.3. The van der Waals surface area contributed by atoms with Crippen molar-refractivity contribution in [2.75, 3.05) is 44.8 Å². The van der Waals surface area contributed by atoms with Crippen LogP contribution >= 0.6 is 0 Å². The van der Waals surface area contributed by atoms with Crippen LogP contribution in [-0.2, 0) is 10.9 Å². The number of halogens is 3. The lowest BCUT2D eigenvalue weighted by Crippen LogP contribution is -2.49. The van der Waals surface area contributed by atoms with Crippen molar-refractivity contribution in [3.63, 3.8) is 0 Å². The van der Waals surface area contributed by atoms with Crippen molar-refractivity contribution in [1.82, 2.24) is 14.7 Å². The van der Waals surface area contributed by atoms with Gasteiger partial charge in [0.05, 0.1) is 25.0 Å². The number of esters is 1. The maximum Gasteiger partial charge on any atom is 0.450 e. The number of carbonyl (C=O) groups excluding carboxylic acids is 2. The average Bonchev–Trinajstić information content (AvgIpc) is 3.62. The van der Waals surface area contributed by atoms with Crippen LogP contribution < -0.4 is 9.64 Å². The van der Waals surface area contributed by atoms with Crippen molar-refractivity contribution < 1.29 is 36.7 Å². The number of rotatable bonds is 7. The van der Waals surface area contributed by atoms with Crippen molar-refractivity contribution in [2.45, 2.75) is 20.0 Å². The van der Waals surface area contributed by atoms with E-state index in [9.17, 15) is 22.8 Å². The minimum Gasteiger partial charge on any atom is -0.494 e. The zero-order chi connectivity index (χ0) is 30.0. The molecule has 0 atom stereocenters. The Kier molecular flexibility index (Phi) is 7.97. The smallest absolute Gasteiger partial charge is 0.450 e. The highest BCUT2D eigenvalue weighted by molar-refractivity contribution is 5.95. The second-order valence-electron chi connectivity index (χ2n) is 9.64. The summed E-state index contributed by atoms with van der Waals surface area (Å²) >= 11 is 0. The fourth-order valence-corrected chi connectivity index (χ4v) is 4.94. The average molecular weight is 583 g/mol. The maximum absolute atomic E-state index is 13.4. The Labute approximate surface area is 240 Å². The molecule has 220 valence electrons. The van der Waals surface area contributed by atoms with E-state index in [0.29, 0.717) is 30.2 Å². The number of ether oxygens (including phenoxy) is 2. The number of hydrogen-bond acceptors (Lipinski definition) is 7. The Hall–Kier alpha value is -4.74. The molecule has 9 nitrogen and oxygen atoms in total. The van der Waals surface area contributed by atoms with Crippen molar-refractivity contribution in [3.05, 3.63) is 83.4 Å². The van der Waals surface area contributed by atoms with Crippen molar-refractivity contribution >= 4 is 17.6 Å². The number of hydrogen-bond donors (Lipinski definition) is 0. The first kappa shape index (κ1) is 28.8. The number of nitrogens with zero attached hydrogens (tertiary/aromatic N) is 4. The van der Waals surface area contributed by atoms with Gasteiger partial charge in [0.25, 0.3) is 5.91 Å². The van der Waals surface area contributed by atoms with Gasteiger partial charge in [0.15, 0.2) is 5.69 Å². The lowest BCUT2D eigenvalue weighted by Gasteiger charge is -2.36. The number of aryl methyl sites for hydroxylation is 1. The molecule has 5 rings (SSSR count). The summed E-state index contributed by atoms with van der Waals surface area (Å²) in [6.45, 7) is 4.72. The van der Waals surface area contributed by atoms with Gasteiger partial charge in [0, 0.05) is 37.4 Å². The van der Waals surface area contributed by atoms with Crippen LogP contribution in [0.3, 0.4) is 0 Å². The highest BCUT2D eigenvalue weighted by Gasteiger charge is 2.41. The number of anilines is 1. The standard InChI is InChI=1S/C30H29F3N4O5/c1-4-41-29(39)23-18-25(37(34-23)24-7-5-6-8-26(24)40-3)20-9-11-21(12-10-20)35-13-15-36(16-14-35)28(38)22-17-19(2)42-27(22)30(31,32)33/h5-12,17-18H,4,13-16H2,1-3H3. The van der Waals surface area contributed by atoms with Gasteiger partial charge in [-0.25, -0.2) is 9.48 Å². The van der Waals surface area contributed by atoms with E-state index in [1.807, 2.05) is 42.5 Å². The quantitative estimate of drug-likeness (QED) is 0.262. The highest BCUT2D eigenvalue weighted by atomic mass is 19.4. The molecule has 4 aromatic rings. The normalized spacial score (nSPS) is 13.8. The van der Waals surface area contributed by atoms with Gasteiger partial charge in [-0.3, -0.25) is 4.79 Å². The number of para-hydroxylation sites is 2. The third-order valence-electron chi connectivity index (χ3n) is 6.95. The van der Waals surface area contributed by atoms with Gasteiger partial charge in [-0.2, -0.15) is 18.3 Å². The van der Waals surface area contributed by atoms with Gasteiger partial charge in [0.2, 0.25) is 5.76 Å². The second kappa shape index (κ2) is 11.6. The molecule has 1 aliphatic heterocycles. The van der Waals surface area contributed by atoms with Gasteiger partial charge in [-0.1, -0.05) is 24.3 Å². The molecule has 0 spiro atoms. The van der Waals surface area contributed by atoms with Crippen LogP contribution in [0.25, 0.3) is 16.9 Å². The molecule has 0 saturated carbocycles. The van der Waals surface area contributed by atoms with Gasteiger partial charge in [-0.15, -0.1) is 0 Å². The summed E-state index contributed by atoms with van der Waals surface area (Å²) in [6.07, 6.45) is -4.75. The molecule has 2 aromatic heterocycles. The zero-order valence-corrected chi connectivity index (χ0v) is 23.3. The van der Waals surface area contributed by atoms with E-state index in [1.54, 1.807) is 30.8 Å². The van der Waals surface area contributed by atoms with Gasteiger partial charge < -0.3 is 23.7 Å². The van der Waals surface area contributed by atoms with Crippen LogP contribution in [-0.4, -0.2) is 66.5 Å². The Balaban J connectivity index is 1.35. The van der Waals surface area contributed by atoms with Crippen LogP contribution in [0.1, 0.15) is 39.3 Å². The molecule has 0 bridgehead atoms. The fourth-order valence-electron chi connectivity index (χ4n) is 4.94. The van der Waals surface area contributed by atoms with Crippen molar-refractivity contribution in [1.29, 1.82) is 0 Å². The lowest BCUT2D eigenvalue weighted by molar-refractivity contribution is -0.153. The largest absolute Gasteiger partial charge is 0.494 e. The van der Waals surface area contributed by atoms with Crippen LogP contribution in [0.15, 0.2) is 65.1 Å². The Morgan fingerprint density at radius 2 is 1.69 bits per heavy atom. The minimum atomic E-state index is -4.75. The van der Waals surface area contributed by atoms with Crippen LogP contribution in [0.5, 0.6) is 5.75 Å². The summed E-state index contributed by atoms with van der Waals surface area (Å²) in [5.41, 5.74) is 2.67. The number of piperazine rings is 1. The summed E-state index contributed by atoms with van der Waals surface area (Å²) in [6, 6.07) is 17.7. The predicted octanol–water partition coefficient (Wildman–Crippen LogP) is 5.61. The lowest BCUT2D eigenvalue weighted by atomic mass is 10.1. The Morgan fingerprint density at radius 3 is 2.33 bits per heavy atom. The summed E-state index contributed by atoms with van der Waals surface area (Å²) in [5, 5.41) is 4.51. The molecule has 1 saturated heterocycles. The van der Waals surface area contributed by atoms with Crippen molar-refractivity contribution in [3.8, 4) is 22.7 Å². The van der Waals surface area contributed by atoms with E-state index in [2.05, 4.69) is 10.00 Å². The van der Waals surface area contributed by atoms with Crippen LogP contribution in [0.4, 0.5) is 18.9 Å².